The summed E-state index contributed by atoms with van der Waals surface area (Å²) in [4.78, 5) is 14.9. The Morgan fingerprint density at radius 3 is 2.54 bits per heavy atom. The van der Waals surface area contributed by atoms with Crippen molar-refractivity contribution in [2.45, 2.75) is 18.7 Å². The molecule has 1 heterocycles. The van der Waals surface area contributed by atoms with E-state index in [9.17, 15) is 18.5 Å². The van der Waals surface area contributed by atoms with Gasteiger partial charge < -0.3 is 24.4 Å². The second-order valence-corrected chi connectivity index (χ2v) is 10.0. The number of nitrogens with one attached hydrogen (secondary N) is 2. The van der Waals surface area contributed by atoms with Crippen molar-refractivity contribution in [2.75, 3.05) is 41.9 Å². The molecule has 0 saturated heterocycles. The van der Waals surface area contributed by atoms with Crippen LogP contribution in [0.4, 0.5) is 17.1 Å². The van der Waals surface area contributed by atoms with Gasteiger partial charge in [0, 0.05) is 18.8 Å². The molecule has 0 aromatic heterocycles. The minimum absolute atomic E-state index is 0.0341. The highest BCUT2D eigenvalue weighted by atomic mass is 32.2. The van der Waals surface area contributed by atoms with Gasteiger partial charge in [-0.1, -0.05) is 18.2 Å². The van der Waals surface area contributed by atoms with Crippen LogP contribution in [0.1, 0.15) is 19.4 Å². The van der Waals surface area contributed by atoms with Crippen LogP contribution in [0.25, 0.3) is 6.08 Å². The number of hydrogen-bond donors (Lipinski definition) is 2. The van der Waals surface area contributed by atoms with Crippen LogP contribution in [0.5, 0.6) is 17.2 Å². The summed E-state index contributed by atoms with van der Waals surface area (Å²) in [5, 5.41) is 12.3. The molecule has 0 unspecified atom stereocenters. The maximum atomic E-state index is 13.6. The van der Waals surface area contributed by atoms with Crippen molar-refractivity contribution >= 4 is 39.1 Å². The van der Waals surface area contributed by atoms with E-state index >= 15 is 0 Å². The molecule has 4 rings (SSSR count). The highest BCUT2D eigenvalue weighted by Crippen LogP contribution is 2.34. The normalized spacial score (nSPS) is 12.4. The standard InChI is InChI=1S/C28H28N4O6S/c1-4-32(5-2)23-12-11-21(16-27(23)39(34,35)31-22-8-6-7-9-24(22)36-3)30-28(33)20(17-29)14-19-10-13-25-26(15-19)38-18-37-25/h6-16,31H,4-5,18H2,1-3H3,(H,30,33)/b20-14-. The zero-order valence-electron chi connectivity index (χ0n) is 21.7. The highest BCUT2D eigenvalue weighted by molar-refractivity contribution is 7.93. The van der Waals surface area contributed by atoms with Gasteiger partial charge in [-0.15, -0.1) is 0 Å². The molecule has 3 aromatic rings. The van der Waals surface area contributed by atoms with Crippen molar-refractivity contribution in [3.63, 3.8) is 0 Å². The minimum atomic E-state index is -4.11. The summed E-state index contributed by atoms with van der Waals surface area (Å²) in [5.41, 5.74) is 1.36. The molecule has 0 atom stereocenters. The Balaban J connectivity index is 1.66. The Hall–Kier alpha value is -4.69. The van der Waals surface area contributed by atoms with E-state index in [0.717, 1.165) is 0 Å². The predicted octanol–water partition coefficient (Wildman–Crippen LogP) is 4.62. The van der Waals surface area contributed by atoms with Gasteiger partial charge in [0.25, 0.3) is 15.9 Å². The summed E-state index contributed by atoms with van der Waals surface area (Å²) >= 11 is 0. The van der Waals surface area contributed by atoms with E-state index in [1.165, 1.54) is 19.3 Å². The molecule has 0 radical (unpaired) electrons. The van der Waals surface area contributed by atoms with E-state index in [1.807, 2.05) is 24.8 Å². The Morgan fingerprint density at radius 2 is 1.82 bits per heavy atom. The molecule has 0 fully saturated rings. The molecule has 3 aromatic carbocycles. The lowest BCUT2D eigenvalue weighted by molar-refractivity contribution is -0.112. The first kappa shape index (κ1) is 27.3. The van der Waals surface area contributed by atoms with Crippen LogP contribution in [-0.2, 0) is 14.8 Å². The van der Waals surface area contributed by atoms with Gasteiger partial charge in [0.1, 0.15) is 22.3 Å². The Labute approximate surface area is 227 Å². The smallest absolute Gasteiger partial charge is 0.266 e. The number of ether oxygens (including phenoxy) is 3. The van der Waals surface area contributed by atoms with Crippen LogP contribution in [0.2, 0.25) is 0 Å². The van der Waals surface area contributed by atoms with Crippen molar-refractivity contribution in [1.82, 2.24) is 0 Å². The fourth-order valence-corrected chi connectivity index (χ4v) is 5.40. The summed E-state index contributed by atoms with van der Waals surface area (Å²) < 4.78 is 45.7. The second-order valence-electron chi connectivity index (χ2n) is 8.40. The van der Waals surface area contributed by atoms with E-state index in [2.05, 4.69) is 10.0 Å². The predicted molar refractivity (Wildman–Crippen MR) is 149 cm³/mol. The van der Waals surface area contributed by atoms with Crippen molar-refractivity contribution in [1.29, 1.82) is 5.26 Å². The summed E-state index contributed by atoms with van der Waals surface area (Å²) in [6.45, 7) is 5.08. The third-order valence-electron chi connectivity index (χ3n) is 6.04. The van der Waals surface area contributed by atoms with Crippen LogP contribution in [0.3, 0.4) is 0 Å². The number of rotatable bonds is 10. The van der Waals surface area contributed by atoms with Crippen molar-refractivity contribution in [3.05, 3.63) is 71.8 Å². The molecule has 202 valence electrons. The summed E-state index contributed by atoms with van der Waals surface area (Å²) in [6.07, 6.45) is 1.42. The van der Waals surface area contributed by atoms with E-state index in [4.69, 9.17) is 14.2 Å². The van der Waals surface area contributed by atoms with E-state index in [-0.39, 0.29) is 28.6 Å². The monoisotopic (exact) mass is 548 g/mol. The van der Waals surface area contributed by atoms with Gasteiger partial charge in [-0.3, -0.25) is 9.52 Å². The van der Waals surface area contributed by atoms with Crippen molar-refractivity contribution < 1.29 is 27.4 Å². The molecule has 0 aliphatic carbocycles. The molecule has 1 amide bonds. The number of hydrogen-bond acceptors (Lipinski definition) is 8. The van der Waals surface area contributed by atoms with Crippen molar-refractivity contribution in [2.24, 2.45) is 0 Å². The lowest BCUT2D eigenvalue weighted by Crippen LogP contribution is -2.26. The highest BCUT2D eigenvalue weighted by Gasteiger charge is 2.24. The quantitative estimate of drug-likeness (QED) is 0.277. The molecule has 1 aliphatic heterocycles. The van der Waals surface area contributed by atoms with E-state index in [1.54, 1.807) is 54.6 Å². The number of anilines is 3. The number of carbonyl (C=O) groups is 1. The van der Waals surface area contributed by atoms with E-state index < -0.39 is 15.9 Å². The van der Waals surface area contributed by atoms with Gasteiger partial charge >= 0.3 is 0 Å². The number of sulfonamides is 1. The van der Waals surface area contributed by atoms with Crippen LogP contribution in [0.15, 0.2) is 71.1 Å². The molecular weight excluding hydrogens is 520 g/mol. The average molecular weight is 549 g/mol. The molecule has 2 N–H and O–H groups in total. The zero-order chi connectivity index (χ0) is 28.0. The number of nitrogens with zero attached hydrogens (tertiary/aromatic N) is 2. The SMILES string of the molecule is CCN(CC)c1ccc(NC(=O)/C(C#N)=C\c2ccc3c(c2)OCO3)cc1S(=O)(=O)Nc1ccccc1OC. The number of methoxy groups -OCH3 is 1. The molecule has 0 spiro atoms. The maximum Gasteiger partial charge on any atom is 0.266 e. The number of amides is 1. The first-order valence-electron chi connectivity index (χ1n) is 12.2. The molecule has 1 aliphatic rings. The van der Waals surface area contributed by atoms with Gasteiger partial charge in [0.2, 0.25) is 6.79 Å². The second kappa shape index (κ2) is 11.8. The Kier molecular flexibility index (Phi) is 8.27. The molecule has 0 bridgehead atoms. The van der Waals surface area contributed by atoms with Crippen LogP contribution in [0, 0.1) is 11.3 Å². The first-order chi connectivity index (χ1) is 18.8. The van der Waals surface area contributed by atoms with E-state index in [0.29, 0.717) is 41.6 Å². The third-order valence-corrected chi connectivity index (χ3v) is 7.43. The fourth-order valence-electron chi connectivity index (χ4n) is 4.08. The lowest BCUT2D eigenvalue weighted by atomic mass is 10.1. The number of para-hydroxylation sites is 2. The largest absolute Gasteiger partial charge is 0.495 e. The minimum Gasteiger partial charge on any atom is -0.495 e. The van der Waals surface area contributed by atoms with Crippen LogP contribution >= 0.6 is 0 Å². The third kappa shape index (κ3) is 6.08. The maximum absolute atomic E-state index is 13.6. The lowest BCUT2D eigenvalue weighted by Gasteiger charge is -2.25. The molecule has 39 heavy (non-hydrogen) atoms. The van der Waals surface area contributed by atoms with Gasteiger partial charge in [0.15, 0.2) is 11.5 Å². The molecule has 10 nitrogen and oxygen atoms in total. The number of benzene rings is 3. The summed E-state index contributed by atoms with van der Waals surface area (Å²) in [7, 11) is -2.66. The molecule has 11 heteroatoms. The van der Waals surface area contributed by atoms with Crippen molar-refractivity contribution in [3.8, 4) is 23.3 Å². The fraction of sp³-hybridized carbons (Fsp3) is 0.214. The van der Waals surface area contributed by atoms with Crippen LogP contribution < -0.4 is 29.1 Å². The Morgan fingerprint density at radius 1 is 1.08 bits per heavy atom. The molecular formula is C28H28N4O6S. The summed E-state index contributed by atoms with van der Waals surface area (Å²) in [5.74, 6) is 0.777. The first-order valence-corrected chi connectivity index (χ1v) is 13.7. The van der Waals surface area contributed by atoms with Gasteiger partial charge in [-0.25, -0.2) is 8.42 Å². The van der Waals surface area contributed by atoms with Gasteiger partial charge in [-0.2, -0.15) is 5.26 Å². The number of fused-ring (bicyclic) bond motifs is 1. The molecule has 0 saturated carbocycles. The Bertz CT molecular complexity index is 1560. The zero-order valence-corrected chi connectivity index (χ0v) is 22.5. The van der Waals surface area contributed by atoms with Gasteiger partial charge in [0.05, 0.1) is 18.5 Å². The van der Waals surface area contributed by atoms with Gasteiger partial charge in [-0.05, 0) is 68.0 Å². The average Bonchev–Trinajstić information content (AvgIpc) is 3.41. The number of carbonyl (C=O) groups excluding carboxylic acids is 1. The topological polar surface area (TPSA) is 130 Å². The number of nitriles is 1. The van der Waals surface area contributed by atoms with Crippen LogP contribution in [-0.4, -0.2) is 41.3 Å². The summed E-state index contributed by atoms with van der Waals surface area (Å²) in [6, 6.07) is 18.2.